The second-order valence-electron chi connectivity index (χ2n) is 4.85. The van der Waals surface area contributed by atoms with Crippen molar-refractivity contribution in [1.29, 1.82) is 0 Å². The molecule has 1 atom stereocenters. The van der Waals surface area contributed by atoms with Gasteiger partial charge in [0.25, 0.3) is 0 Å². The van der Waals surface area contributed by atoms with E-state index < -0.39 is 9.84 Å². The number of aromatic nitrogens is 3. The second-order valence-corrected chi connectivity index (χ2v) is 7.08. The lowest BCUT2D eigenvalue weighted by molar-refractivity contribution is 0.112. The van der Waals surface area contributed by atoms with Crippen molar-refractivity contribution in [3.8, 4) is 0 Å². The molecule has 1 unspecified atom stereocenters. The summed E-state index contributed by atoms with van der Waals surface area (Å²) in [6.07, 6.45) is 3.68. The highest BCUT2D eigenvalue weighted by Gasteiger charge is 2.28. The fourth-order valence-corrected chi connectivity index (χ4v) is 4.30. The first-order chi connectivity index (χ1) is 9.07. The summed E-state index contributed by atoms with van der Waals surface area (Å²) in [6.45, 7) is 0. The average Bonchev–Trinajstić information content (AvgIpc) is 2.91. The predicted octanol–water partition coefficient (Wildman–Crippen LogP) is 0.519. The van der Waals surface area contributed by atoms with Gasteiger partial charge >= 0.3 is 0 Å². The summed E-state index contributed by atoms with van der Waals surface area (Å²) in [5.41, 5.74) is 1.01. The van der Waals surface area contributed by atoms with Gasteiger partial charge in [0.15, 0.2) is 27.6 Å². The van der Waals surface area contributed by atoms with Crippen molar-refractivity contribution in [2.75, 3.05) is 11.5 Å². The van der Waals surface area contributed by atoms with Crippen LogP contribution in [0.2, 0.25) is 0 Å². The van der Waals surface area contributed by atoms with E-state index in [0.29, 0.717) is 29.9 Å². The topological polar surface area (TPSA) is 81.4 Å². The number of carbonyl (C=O) groups is 1. The Hall–Kier alpha value is -1.76. The summed E-state index contributed by atoms with van der Waals surface area (Å²) in [7, 11) is -2.88. The molecule has 2 aromatic heterocycles. The summed E-state index contributed by atoms with van der Waals surface area (Å²) < 4.78 is 24.4. The zero-order valence-electron chi connectivity index (χ0n) is 10.2. The van der Waals surface area contributed by atoms with Crippen LogP contribution in [0, 0.1) is 5.92 Å². The molecule has 3 heterocycles. The van der Waals surface area contributed by atoms with Crippen molar-refractivity contribution in [2.45, 2.75) is 12.8 Å². The van der Waals surface area contributed by atoms with E-state index in [4.69, 9.17) is 0 Å². The van der Waals surface area contributed by atoms with E-state index in [-0.39, 0.29) is 17.4 Å². The maximum absolute atomic E-state index is 11.4. The van der Waals surface area contributed by atoms with E-state index >= 15 is 0 Å². The molecule has 1 saturated heterocycles. The molecule has 0 aromatic carbocycles. The van der Waals surface area contributed by atoms with Crippen LogP contribution in [0.5, 0.6) is 0 Å². The van der Waals surface area contributed by atoms with Gasteiger partial charge in [-0.3, -0.25) is 4.79 Å². The normalized spacial score (nSPS) is 21.8. The molecule has 1 aliphatic heterocycles. The number of sulfone groups is 1. The first kappa shape index (κ1) is 12.3. The van der Waals surface area contributed by atoms with Crippen LogP contribution >= 0.6 is 0 Å². The minimum atomic E-state index is -2.88. The molecule has 6 nitrogen and oxygen atoms in total. The van der Waals surface area contributed by atoms with Crippen LogP contribution in [0.3, 0.4) is 0 Å². The molecule has 3 rings (SSSR count). The summed E-state index contributed by atoms with van der Waals surface area (Å²) >= 11 is 0. The van der Waals surface area contributed by atoms with E-state index in [9.17, 15) is 13.2 Å². The zero-order chi connectivity index (χ0) is 13.5. The van der Waals surface area contributed by atoms with E-state index in [2.05, 4.69) is 10.1 Å². The van der Waals surface area contributed by atoms with Gasteiger partial charge in [-0.2, -0.15) is 5.10 Å². The van der Waals surface area contributed by atoms with Crippen molar-refractivity contribution in [3.63, 3.8) is 0 Å². The van der Waals surface area contributed by atoms with Crippen molar-refractivity contribution in [1.82, 2.24) is 14.6 Å². The lowest BCUT2D eigenvalue weighted by Crippen LogP contribution is -2.08. The largest absolute Gasteiger partial charge is 0.298 e. The van der Waals surface area contributed by atoms with Gasteiger partial charge in [-0.15, -0.1) is 0 Å². The fourth-order valence-electron chi connectivity index (χ4n) is 2.44. The standard InChI is InChI=1S/C12H13N3O3S/c16-7-10-2-1-4-15-12(10)13-11(14-15)6-9-3-5-19(17,18)8-9/h1-2,4,7,9H,3,5-6,8H2. The second kappa shape index (κ2) is 4.41. The Bertz CT molecular complexity index is 736. The van der Waals surface area contributed by atoms with Crippen LogP contribution in [0.25, 0.3) is 5.65 Å². The molecule has 0 aliphatic carbocycles. The van der Waals surface area contributed by atoms with E-state index in [1.807, 2.05) is 0 Å². The molecule has 0 radical (unpaired) electrons. The number of nitrogens with zero attached hydrogens (tertiary/aromatic N) is 3. The van der Waals surface area contributed by atoms with Crippen LogP contribution in [0.15, 0.2) is 18.3 Å². The molecule has 100 valence electrons. The van der Waals surface area contributed by atoms with E-state index in [0.717, 1.165) is 6.29 Å². The molecule has 0 saturated carbocycles. The predicted molar refractivity (Wildman–Crippen MR) is 68.8 cm³/mol. The lowest BCUT2D eigenvalue weighted by Gasteiger charge is -2.01. The van der Waals surface area contributed by atoms with Crippen molar-refractivity contribution in [2.24, 2.45) is 5.92 Å². The van der Waals surface area contributed by atoms with Gasteiger partial charge in [0.1, 0.15) is 0 Å². The van der Waals surface area contributed by atoms with Gasteiger partial charge in [0.2, 0.25) is 0 Å². The summed E-state index contributed by atoms with van der Waals surface area (Å²) in [4.78, 5) is 15.2. The van der Waals surface area contributed by atoms with Crippen LogP contribution in [0.4, 0.5) is 0 Å². The Morgan fingerprint density at radius 1 is 1.47 bits per heavy atom. The quantitative estimate of drug-likeness (QED) is 0.765. The highest BCUT2D eigenvalue weighted by molar-refractivity contribution is 7.91. The van der Waals surface area contributed by atoms with Gasteiger partial charge in [-0.05, 0) is 24.5 Å². The smallest absolute Gasteiger partial charge is 0.166 e. The van der Waals surface area contributed by atoms with Crippen LogP contribution in [-0.2, 0) is 16.3 Å². The highest BCUT2D eigenvalue weighted by atomic mass is 32.2. The van der Waals surface area contributed by atoms with Gasteiger partial charge in [0.05, 0.1) is 17.1 Å². The molecule has 2 aromatic rings. The number of carbonyl (C=O) groups excluding carboxylic acids is 1. The van der Waals surface area contributed by atoms with Gasteiger partial charge in [0, 0.05) is 12.6 Å². The Balaban J connectivity index is 1.88. The Morgan fingerprint density at radius 3 is 3.00 bits per heavy atom. The van der Waals surface area contributed by atoms with Crippen molar-refractivity contribution >= 4 is 21.8 Å². The molecule has 1 aliphatic rings. The SMILES string of the molecule is O=Cc1cccn2nc(CC3CCS(=O)(=O)C3)nc12. The Labute approximate surface area is 110 Å². The van der Waals surface area contributed by atoms with E-state index in [1.165, 1.54) is 0 Å². The number of pyridine rings is 1. The summed E-state index contributed by atoms with van der Waals surface area (Å²) in [6, 6.07) is 3.41. The molecule has 7 heteroatoms. The van der Waals surface area contributed by atoms with Crippen molar-refractivity contribution in [3.05, 3.63) is 29.7 Å². The van der Waals surface area contributed by atoms with E-state index in [1.54, 1.807) is 22.8 Å². The van der Waals surface area contributed by atoms with Crippen LogP contribution < -0.4 is 0 Å². The highest BCUT2D eigenvalue weighted by Crippen LogP contribution is 2.21. The third kappa shape index (κ3) is 2.37. The average molecular weight is 279 g/mol. The first-order valence-electron chi connectivity index (χ1n) is 6.07. The summed E-state index contributed by atoms with van der Waals surface area (Å²) in [5.74, 6) is 1.15. The molecule has 19 heavy (non-hydrogen) atoms. The van der Waals surface area contributed by atoms with Crippen LogP contribution in [0.1, 0.15) is 22.6 Å². The number of rotatable bonds is 3. The first-order valence-corrected chi connectivity index (χ1v) is 7.89. The number of hydrogen-bond acceptors (Lipinski definition) is 5. The molecule has 1 fully saturated rings. The van der Waals surface area contributed by atoms with Gasteiger partial charge < -0.3 is 0 Å². The summed E-state index contributed by atoms with van der Waals surface area (Å²) in [5, 5.41) is 4.28. The monoisotopic (exact) mass is 279 g/mol. The Kier molecular flexibility index (Phi) is 2.85. The molecule has 0 N–H and O–H groups in total. The number of hydrogen-bond donors (Lipinski definition) is 0. The third-order valence-electron chi connectivity index (χ3n) is 3.36. The molecular weight excluding hydrogens is 266 g/mol. The van der Waals surface area contributed by atoms with Gasteiger partial charge in [-0.1, -0.05) is 0 Å². The molecular formula is C12H13N3O3S. The maximum atomic E-state index is 11.4. The number of fused-ring (bicyclic) bond motifs is 1. The van der Waals surface area contributed by atoms with Gasteiger partial charge in [-0.25, -0.2) is 17.9 Å². The minimum Gasteiger partial charge on any atom is -0.298 e. The maximum Gasteiger partial charge on any atom is 0.166 e. The molecule has 0 amide bonds. The number of aldehydes is 1. The Morgan fingerprint density at radius 2 is 2.32 bits per heavy atom. The van der Waals surface area contributed by atoms with Crippen molar-refractivity contribution < 1.29 is 13.2 Å². The third-order valence-corrected chi connectivity index (χ3v) is 5.20. The fraction of sp³-hybridized carbons (Fsp3) is 0.417. The van der Waals surface area contributed by atoms with Crippen LogP contribution in [-0.4, -0.2) is 40.8 Å². The minimum absolute atomic E-state index is 0.0853. The molecule has 0 spiro atoms. The zero-order valence-corrected chi connectivity index (χ0v) is 11.0. The lowest BCUT2D eigenvalue weighted by atomic mass is 10.1. The molecule has 0 bridgehead atoms.